The van der Waals surface area contributed by atoms with Crippen molar-refractivity contribution in [1.29, 1.82) is 0 Å². The van der Waals surface area contributed by atoms with Gasteiger partial charge >= 0.3 is 0 Å². The second kappa shape index (κ2) is 6.13. The standard InChI is InChI=1S/C20H19NO3/c22-18-9-8-15-19(23)17(14-6-2-1-3-7-14)13-24-20(15)16(18)12-21-10-4-5-11-21/h1-3,6-9,13,22H,4-5,10-12H2. The van der Waals surface area contributed by atoms with E-state index in [1.165, 1.54) is 30.1 Å². The number of fused-ring (bicyclic) bond motifs is 1. The summed E-state index contributed by atoms with van der Waals surface area (Å²) in [7, 11) is 0. The monoisotopic (exact) mass is 321 g/mol. The lowest BCUT2D eigenvalue weighted by atomic mass is 10.0. The molecule has 4 rings (SSSR count). The van der Waals surface area contributed by atoms with Crippen molar-refractivity contribution in [3.8, 4) is 16.9 Å². The summed E-state index contributed by atoms with van der Waals surface area (Å²) in [6, 6.07) is 12.6. The summed E-state index contributed by atoms with van der Waals surface area (Å²) in [6.07, 6.45) is 3.87. The number of likely N-dealkylation sites (tertiary alicyclic amines) is 1. The molecule has 1 saturated heterocycles. The van der Waals surface area contributed by atoms with Crippen LogP contribution in [0.25, 0.3) is 22.1 Å². The van der Waals surface area contributed by atoms with E-state index in [2.05, 4.69) is 0 Å². The first kappa shape index (κ1) is 15.0. The van der Waals surface area contributed by atoms with Gasteiger partial charge in [0.05, 0.1) is 24.0 Å². The Bertz CT molecular complexity index is 925. The maximum absolute atomic E-state index is 12.9. The Morgan fingerprint density at radius 3 is 2.54 bits per heavy atom. The Morgan fingerprint density at radius 1 is 1.04 bits per heavy atom. The third kappa shape index (κ3) is 2.59. The third-order valence-corrected chi connectivity index (χ3v) is 4.82. The molecular formula is C20H19NO3. The van der Waals surface area contributed by atoms with E-state index in [-0.39, 0.29) is 11.2 Å². The number of rotatable bonds is 3. The largest absolute Gasteiger partial charge is 0.872 e. The second-order valence-corrected chi connectivity index (χ2v) is 6.40. The SMILES string of the molecule is O=c1c(-c2ccccc2)coc2c(C[NH+]3CCCC3)c([O-])ccc12. The van der Waals surface area contributed by atoms with Crippen LogP contribution >= 0.6 is 0 Å². The van der Waals surface area contributed by atoms with Crippen LogP contribution in [-0.4, -0.2) is 13.1 Å². The molecule has 0 atom stereocenters. The third-order valence-electron chi connectivity index (χ3n) is 4.82. The van der Waals surface area contributed by atoms with E-state index in [0.29, 0.717) is 28.6 Å². The summed E-state index contributed by atoms with van der Waals surface area (Å²) in [5.74, 6) is -0.0440. The Kier molecular flexibility index (Phi) is 3.82. The molecular weight excluding hydrogens is 302 g/mol. The van der Waals surface area contributed by atoms with Crippen molar-refractivity contribution in [3.63, 3.8) is 0 Å². The summed E-state index contributed by atoms with van der Waals surface area (Å²) in [6.45, 7) is 2.77. The van der Waals surface area contributed by atoms with E-state index in [1.807, 2.05) is 30.3 Å². The summed E-state index contributed by atoms with van der Waals surface area (Å²) >= 11 is 0. The van der Waals surface area contributed by atoms with Crippen molar-refractivity contribution in [1.82, 2.24) is 0 Å². The van der Waals surface area contributed by atoms with Gasteiger partial charge in [-0.2, -0.15) is 0 Å². The highest BCUT2D eigenvalue weighted by atomic mass is 16.3. The highest BCUT2D eigenvalue weighted by molar-refractivity contribution is 5.85. The highest BCUT2D eigenvalue weighted by Crippen LogP contribution is 2.26. The lowest BCUT2D eigenvalue weighted by Gasteiger charge is -2.19. The minimum atomic E-state index is -0.0832. The van der Waals surface area contributed by atoms with Crippen molar-refractivity contribution in [3.05, 3.63) is 64.5 Å². The van der Waals surface area contributed by atoms with Crippen LogP contribution in [0.2, 0.25) is 0 Å². The van der Waals surface area contributed by atoms with E-state index >= 15 is 0 Å². The zero-order chi connectivity index (χ0) is 16.5. The maximum Gasteiger partial charge on any atom is 0.200 e. The maximum atomic E-state index is 12.9. The molecule has 1 fully saturated rings. The fourth-order valence-electron chi connectivity index (χ4n) is 3.53. The first-order chi connectivity index (χ1) is 11.7. The Morgan fingerprint density at radius 2 is 1.79 bits per heavy atom. The number of benzene rings is 2. The molecule has 0 radical (unpaired) electrons. The lowest BCUT2D eigenvalue weighted by molar-refractivity contribution is -0.901. The minimum Gasteiger partial charge on any atom is -0.872 e. The molecule has 0 spiro atoms. The van der Waals surface area contributed by atoms with Gasteiger partial charge in [0.25, 0.3) is 0 Å². The number of hydrogen-bond acceptors (Lipinski definition) is 3. The molecule has 4 nitrogen and oxygen atoms in total. The molecule has 1 aromatic heterocycles. The van der Waals surface area contributed by atoms with E-state index in [1.54, 1.807) is 6.07 Å². The normalized spacial score (nSPS) is 15.2. The summed E-state index contributed by atoms with van der Waals surface area (Å²) < 4.78 is 5.79. The van der Waals surface area contributed by atoms with Crippen molar-refractivity contribution < 1.29 is 14.4 Å². The van der Waals surface area contributed by atoms with Gasteiger partial charge < -0.3 is 14.4 Å². The predicted molar refractivity (Wildman–Crippen MR) is 91.0 cm³/mol. The van der Waals surface area contributed by atoms with Crippen molar-refractivity contribution in [2.24, 2.45) is 0 Å². The molecule has 0 unspecified atom stereocenters. The van der Waals surface area contributed by atoms with Crippen molar-refractivity contribution >= 4 is 11.0 Å². The average molecular weight is 321 g/mol. The number of quaternary nitrogens is 1. The number of nitrogens with one attached hydrogen (secondary N) is 1. The van der Waals surface area contributed by atoms with E-state index in [4.69, 9.17) is 4.42 Å². The first-order valence-electron chi connectivity index (χ1n) is 8.37. The summed E-state index contributed by atoms with van der Waals surface area (Å²) in [5.41, 5.74) is 2.35. The molecule has 0 amide bonds. The summed E-state index contributed by atoms with van der Waals surface area (Å²) in [4.78, 5) is 14.2. The van der Waals surface area contributed by atoms with Gasteiger partial charge in [0.1, 0.15) is 18.4 Å². The molecule has 1 aliphatic rings. The Hall–Kier alpha value is -2.59. The van der Waals surface area contributed by atoms with E-state index in [0.717, 1.165) is 18.7 Å². The quantitative estimate of drug-likeness (QED) is 0.799. The fraction of sp³-hybridized carbons (Fsp3) is 0.250. The van der Waals surface area contributed by atoms with Gasteiger partial charge in [-0.05, 0) is 11.6 Å². The van der Waals surface area contributed by atoms with Gasteiger partial charge in [0.2, 0.25) is 5.43 Å². The first-order valence-corrected chi connectivity index (χ1v) is 8.37. The van der Waals surface area contributed by atoms with Gasteiger partial charge in [-0.25, -0.2) is 0 Å². The zero-order valence-electron chi connectivity index (χ0n) is 13.4. The molecule has 0 bridgehead atoms. The van der Waals surface area contributed by atoms with E-state index in [9.17, 15) is 9.90 Å². The van der Waals surface area contributed by atoms with Crippen LogP contribution in [0.4, 0.5) is 0 Å². The molecule has 1 aliphatic heterocycles. The average Bonchev–Trinajstić information content (AvgIpc) is 3.12. The van der Waals surface area contributed by atoms with Gasteiger partial charge in [0.15, 0.2) is 0 Å². The molecule has 2 aromatic carbocycles. The zero-order valence-corrected chi connectivity index (χ0v) is 13.4. The van der Waals surface area contributed by atoms with E-state index < -0.39 is 0 Å². The van der Waals surface area contributed by atoms with Crippen LogP contribution in [0.3, 0.4) is 0 Å². The fourth-order valence-corrected chi connectivity index (χ4v) is 3.53. The van der Waals surface area contributed by atoms with Crippen LogP contribution in [0, 0.1) is 0 Å². The predicted octanol–water partition coefficient (Wildman–Crippen LogP) is 1.71. The minimum absolute atomic E-state index is 0.0440. The van der Waals surface area contributed by atoms with Gasteiger partial charge in [0, 0.05) is 18.4 Å². The molecule has 4 heteroatoms. The number of hydrogen-bond donors (Lipinski definition) is 1. The molecule has 0 aliphatic carbocycles. The van der Waals surface area contributed by atoms with Crippen LogP contribution < -0.4 is 15.4 Å². The lowest BCUT2D eigenvalue weighted by Crippen LogP contribution is -3.08. The van der Waals surface area contributed by atoms with Crippen LogP contribution in [0.1, 0.15) is 18.4 Å². The Balaban J connectivity index is 1.85. The van der Waals surface area contributed by atoms with Crippen LogP contribution in [-0.2, 0) is 6.54 Å². The van der Waals surface area contributed by atoms with Gasteiger partial charge in [-0.1, -0.05) is 42.1 Å². The molecule has 3 aromatic rings. The summed E-state index contributed by atoms with van der Waals surface area (Å²) in [5, 5.41) is 12.8. The van der Waals surface area contributed by atoms with Crippen LogP contribution in [0.5, 0.6) is 5.75 Å². The van der Waals surface area contributed by atoms with Crippen molar-refractivity contribution in [2.45, 2.75) is 19.4 Å². The smallest absolute Gasteiger partial charge is 0.200 e. The van der Waals surface area contributed by atoms with Crippen LogP contribution in [0.15, 0.2) is 57.9 Å². The molecule has 122 valence electrons. The highest BCUT2D eigenvalue weighted by Gasteiger charge is 2.19. The molecule has 1 N–H and O–H groups in total. The second-order valence-electron chi connectivity index (χ2n) is 6.40. The van der Waals surface area contributed by atoms with Gasteiger partial charge in [-0.3, -0.25) is 4.79 Å². The molecule has 2 heterocycles. The topological polar surface area (TPSA) is 57.7 Å². The Labute approximate surface area is 140 Å². The van der Waals surface area contributed by atoms with Gasteiger partial charge in [-0.15, -0.1) is 0 Å². The molecule has 0 saturated carbocycles. The van der Waals surface area contributed by atoms with Crippen molar-refractivity contribution in [2.75, 3.05) is 13.1 Å². The molecule has 24 heavy (non-hydrogen) atoms.